The number of aliphatic hydroxyl groups is 1. The number of ketones is 1. The van der Waals surface area contributed by atoms with Crippen molar-refractivity contribution >= 4 is 5.78 Å². The van der Waals surface area contributed by atoms with Gasteiger partial charge in [0.1, 0.15) is 5.78 Å². The van der Waals surface area contributed by atoms with Gasteiger partial charge in [0.05, 0.1) is 5.60 Å². The zero-order valence-corrected chi connectivity index (χ0v) is 12.4. The van der Waals surface area contributed by atoms with Gasteiger partial charge in [0.2, 0.25) is 0 Å². The highest BCUT2D eigenvalue weighted by molar-refractivity contribution is 5.81. The molecule has 0 bridgehead atoms. The highest BCUT2D eigenvalue weighted by atomic mass is 16.3. The molecule has 3 nitrogen and oxygen atoms in total. The molecule has 0 aromatic carbocycles. The van der Waals surface area contributed by atoms with Crippen molar-refractivity contribution in [1.82, 2.24) is 4.90 Å². The van der Waals surface area contributed by atoms with Crippen LogP contribution in [0.25, 0.3) is 0 Å². The smallest absolute Gasteiger partial charge is 0.137 e. The van der Waals surface area contributed by atoms with Gasteiger partial charge in [0.15, 0.2) is 0 Å². The predicted octanol–water partition coefficient (Wildman–Crippen LogP) is 2.47. The maximum absolute atomic E-state index is 12.0. The first-order valence-electron chi connectivity index (χ1n) is 7.25. The zero-order valence-electron chi connectivity index (χ0n) is 12.4. The van der Waals surface area contributed by atoms with Crippen molar-refractivity contribution in [2.45, 2.75) is 58.5 Å². The molecule has 0 spiro atoms. The van der Waals surface area contributed by atoms with E-state index in [2.05, 4.69) is 11.8 Å². The Morgan fingerprint density at radius 3 is 2.67 bits per heavy atom. The van der Waals surface area contributed by atoms with Crippen molar-refractivity contribution in [1.29, 1.82) is 0 Å². The topological polar surface area (TPSA) is 40.5 Å². The standard InChI is InChI=1S/C15H29NO2/c1-5-6-12-7-8-14(17)13(9-12)10-16(4)11-15(2,3)18/h12-13,18H,5-11H2,1-4H3. The number of Topliss-reactive ketones (excluding diaryl/α,β-unsaturated/α-hetero) is 1. The molecule has 3 heteroatoms. The summed E-state index contributed by atoms with van der Waals surface area (Å²) in [5.74, 6) is 1.33. The lowest BCUT2D eigenvalue weighted by molar-refractivity contribution is -0.126. The van der Waals surface area contributed by atoms with Crippen molar-refractivity contribution in [2.24, 2.45) is 11.8 Å². The summed E-state index contributed by atoms with van der Waals surface area (Å²) in [6.45, 7) is 7.25. The van der Waals surface area contributed by atoms with Crippen LogP contribution in [0.1, 0.15) is 52.9 Å². The van der Waals surface area contributed by atoms with Crippen molar-refractivity contribution in [3.8, 4) is 0 Å². The number of rotatable bonds is 6. The molecule has 0 aliphatic heterocycles. The minimum atomic E-state index is -0.685. The largest absolute Gasteiger partial charge is 0.389 e. The van der Waals surface area contributed by atoms with Gasteiger partial charge in [0, 0.05) is 25.4 Å². The lowest BCUT2D eigenvalue weighted by Gasteiger charge is -2.32. The second-order valence-electron chi connectivity index (χ2n) is 6.60. The predicted molar refractivity (Wildman–Crippen MR) is 74.5 cm³/mol. The summed E-state index contributed by atoms with van der Waals surface area (Å²) in [6, 6.07) is 0. The average Bonchev–Trinajstić information content (AvgIpc) is 2.20. The van der Waals surface area contributed by atoms with Crippen LogP contribution in [0.4, 0.5) is 0 Å². The first-order chi connectivity index (χ1) is 8.31. The van der Waals surface area contributed by atoms with Gasteiger partial charge in [-0.2, -0.15) is 0 Å². The molecular weight excluding hydrogens is 226 g/mol. The molecule has 0 radical (unpaired) electrons. The second-order valence-corrected chi connectivity index (χ2v) is 6.60. The van der Waals surface area contributed by atoms with E-state index in [1.54, 1.807) is 0 Å². The Bertz CT molecular complexity index is 270. The van der Waals surface area contributed by atoms with Crippen molar-refractivity contribution in [3.05, 3.63) is 0 Å². The van der Waals surface area contributed by atoms with Crippen molar-refractivity contribution in [2.75, 3.05) is 20.1 Å². The van der Waals surface area contributed by atoms with E-state index in [1.807, 2.05) is 20.9 Å². The molecule has 1 rings (SSSR count). The third-order valence-electron chi connectivity index (χ3n) is 3.76. The Morgan fingerprint density at radius 2 is 2.11 bits per heavy atom. The Morgan fingerprint density at radius 1 is 1.44 bits per heavy atom. The Labute approximate surface area is 112 Å². The molecule has 1 saturated carbocycles. The van der Waals surface area contributed by atoms with Crippen LogP contribution in [0.15, 0.2) is 0 Å². The zero-order chi connectivity index (χ0) is 13.8. The molecule has 1 aliphatic rings. The third kappa shape index (κ3) is 5.49. The first-order valence-corrected chi connectivity index (χ1v) is 7.25. The van der Waals surface area contributed by atoms with Crippen LogP contribution in [-0.4, -0.2) is 41.5 Å². The fraction of sp³-hybridized carbons (Fsp3) is 0.933. The number of carbonyl (C=O) groups is 1. The van der Waals surface area contributed by atoms with E-state index in [1.165, 1.54) is 12.8 Å². The molecule has 0 saturated heterocycles. The van der Waals surface area contributed by atoms with Crippen LogP contribution in [-0.2, 0) is 4.79 Å². The van der Waals surface area contributed by atoms with Gasteiger partial charge in [-0.3, -0.25) is 4.79 Å². The van der Waals surface area contributed by atoms with Gasteiger partial charge in [-0.1, -0.05) is 19.8 Å². The van der Waals surface area contributed by atoms with Crippen molar-refractivity contribution < 1.29 is 9.90 Å². The number of hydrogen-bond donors (Lipinski definition) is 1. The van der Waals surface area contributed by atoms with Crippen LogP contribution in [0.5, 0.6) is 0 Å². The summed E-state index contributed by atoms with van der Waals surface area (Å²) in [4.78, 5) is 14.1. The maximum atomic E-state index is 12.0. The van der Waals surface area contributed by atoms with Crippen LogP contribution < -0.4 is 0 Å². The van der Waals surface area contributed by atoms with Gasteiger partial charge >= 0.3 is 0 Å². The minimum absolute atomic E-state index is 0.183. The molecule has 0 amide bonds. The van der Waals surface area contributed by atoms with E-state index in [0.717, 1.165) is 31.7 Å². The van der Waals surface area contributed by atoms with E-state index in [-0.39, 0.29) is 5.92 Å². The molecule has 1 fully saturated rings. The third-order valence-corrected chi connectivity index (χ3v) is 3.76. The second kappa shape index (κ2) is 6.67. The molecule has 0 heterocycles. The number of nitrogens with zero attached hydrogens (tertiary/aromatic N) is 1. The highest BCUT2D eigenvalue weighted by Crippen LogP contribution is 2.30. The lowest BCUT2D eigenvalue weighted by Crippen LogP contribution is -2.41. The molecule has 18 heavy (non-hydrogen) atoms. The van der Waals surface area contributed by atoms with Crippen LogP contribution in [0, 0.1) is 11.8 Å². The molecule has 0 aromatic heterocycles. The number of hydrogen-bond acceptors (Lipinski definition) is 3. The molecule has 106 valence electrons. The fourth-order valence-corrected chi connectivity index (χ4v) is 3.15. The van der Waals surface area contributed by atoms with E-state index in [4.69, 9.17) is 0 Å². The normalized spacial score (nSPS) is 25.8. The Hall–Kier alpha value is -0.410. The summed E-state index contributed by atoms with van der Waals surface area (Å²) in [6.07, 6.45) is 5.34. The van der Waals surface area contributed by atoms with Gasteiger partial charge in [-0.05, 0) is 39.7 Å². The van der Waals surface area contributed by atoms with E-state index < -0.39 is 5.60 Å². The first kappa shape index (κ1) is 15.6. The average molecular weight is 255 g/mol. The summed E-state index contributed by atoms with van der Waals surface area (Å²) in [7, 11) is 1.99. The van der Waals surface area contributed by atoms with Crippen molar-refractivity contribution in [3.63, 3.8) is 0 Å². The number of likely N-dealkylation sites (N-methyl/N-ethyl adjacent to an activating group) is 1. The van der Waals surface area contributed by atoms with Crippen LogP contribution in [0.3, 0.4) is 0 Å². The minimum Gasteiger partial charge on any atom is -0.389 e. The molecule has 2 unspecified atom stereocenters. The molecule has 0 aromatic rings. The van der Waals surface area contributed by atoms with E-state index >= 15 is 0 Å². The Balaban J connectivity index is 2.45. The summed E-state index contributed by atoms with van der Waals surface area (Å²) in [5, 5.41) is 9.79. The van der Waals surface area contributed by atoms with Crippen LogP contribution in [0.2, 0.25) is 0 Å². The lowest BCUT2D eigenvalue weighted by atomic mass is 9.78. The monoisotopic (exact) mass is 255 g/mol. The molecule has 1 N–H and O–H groups in total. The van der Waals surface area contributed by atoms with Gasteiger partial charge in [-0.15, -0.1) is 0 Å². The van der Waals surface area contributed by atoms with Gasteiger partial charge in [-0.25, -0.2) is 0 Å². The summed E-state index contributed by atoms with van der Waals surface area (Å²) >= 11 is 0. The summed E-state index contributed by atoms with van der Waals surface area (Å²) in [5.41, 5.74) is -0.685. The molecule has 2 atom stereocenters. The fourth-order valence-electron chi connectivity index (χ4n) is 3.15. The molecular formula is C15H29NO2. The highest BCUT2D eigenvalue weighted by Gasteiger charge is 2.29. The van der Waals surface area contributed by atoms with Gasteiger partial charge in [0.25, 0.3) is 0 Å². The van der Waals surface area contributed by atoms with Crippen LogP contribution >= 0.6 is 0 Å². The van der Waals surface area contributed by atoms with Gasteiger partial charge < -0.3 is 10.0 Å². The summed E-state index contributed by atoms with van der Waals surface area (Å²) < 4.78 is 0. The van der Waals surface area contributed by atoms with E-state index in [9.17, 15) is 9.90 Å². The number of carbonyl (C=O) groups excluding carboxylic acids is 1. The quantitative estimate of drug-likeness (QED) is 0.792. The van der Waals surface area contributed by atoms with E-state index in [0.29, 0.717) is 12.3 Å². The maximum Gasteiger partial charge on any atom is 0.137 e. The Kier molecular flexibility index (Phi) is 5.80. The SMILES string of the molecule is CCCC1CCC(=O)C(CN(C)CC(C)(C)O)C1. The molecule has 1 aliphatic carbocycles.